The van der Waals surface area contributed by atoms with Gasteiger partial charge in [0.2, 0.25) is 0 Å². The van der Waals surface area contributed by atoms with Gasteiger partial charge < -0.3 is 14.9 Å². The maximum Gasteiger partial charge on any atom is 0.0468 e. The number of hydrogen-bond acceptors (Lipinski definition) is 3. The van der Waals surface area contributed by atoms with E-state index in [1.807, 2.05) is 0 Å². The van der Waals surface area contributed by atoms with Gasteiger partial charge >= 0.3 is 0 Å². The van der Waals surface area contributed by atoms with Crippen LogP contribution in [0.2, 0.25) is 0 Å². The molecule has 1 unspecified atom stereocenters. The molecule has 1 aliphatic rings. The molecule has 1 heterocycles. The van der Waals surface area contributed by atoms with Crippen LogP contribution in [0.25, 0.3) is 0 Å². The third-order valence-corrected chi connectivity index (χ3v) is 3.34. The van der Waals surface area contributed by atoms with Gasteiger partial charge in [-0.1, -0.05) is 6.92 Å². The zero-order chi connectivity index (χ0) is 11.3. The number of rotatable bonds is 5. The van der Waals surface area contributed by atoms with E-state index in [4.69, 9.17) is 5.11 Å². The Balaban J connectivity index is 2.17. The Hall–Kier alpha value is -0.120. The van der Waals surface area contributed by atoms with Gasteiger partial charge in [0.1, 0.15) is 0 Å². The lowest BCUT2D eigenvalue weighted by atomic mass is 9.96. The maximum absolute atomic E-state index is 8.99. The minimum Gasteiger partial charge on any atom is -0.396 e. The first kappa shape index (κ1) is 12.9. The SMILES string of the molecule is CC(CO)CN(C)CC1CCN(C)CC1. The van der Waals surface area contributed by atoms with Crippen LogP contribution in [0.5, 0.6) is 0 Å². The highest BCUT2D eigenvalue weighted by molar-refractivity contribution is 4.73. The standard InChI is InChI=1S/C12H26N2O/c1-11(10-15)8-14(3)9-12-4-6-13(2)7-5-12/h11-12,15H,4-10H2,1-3H3. The van der Waals surface area contributed by atoms with Gasteiger partial charge in [-0.3, -0.25) is 0 Å². The van der Waals surface area contributed by atoms with E-state index in [-0.39, 0.29) is 0 Å². The van der Waals surface area contributed by atoms with Crippen molar-refractivity contribution in [1.82, 2.24) is 9.80 Å². The predicted octanol–water partition coefficient (Wildman–Crippen LogP) is 0.888. The summed E-state index contributed by atoms with van der Waals surface area (Å²) in [5, 5.41) is 8.99. The summed E-state index contributed by atoms with van der Waals surface area (Å²) in [5.74, 6) is 1.26. The number of aliphatic hydroxyl groups is 1. The lowest BCUT2D eigenvalue weighted by Crippen LogP contribution is -2.37. The monoisotopic (exact) mass is 214 g/mol. The van der Waals surface area contributed by atoms with Crippen LogP contribution in [0.3, 0.4) is 0 Å². The second kappa shape index (κ2) is 6.46. The first-order valence-corrected chi connectivity index (χ1v) is 6.09. The number of likely N-dealkylation sites (tertiary alicyclic amines) is 1. The van der Waals surface area contributed by atoms with Crippen molar-refractivity contribution in [3.8, 4) is 0 Å². The van der Waals surface area contributed by atoms with Gasteiger partial charge in [0.25, 0.3) is 0 Å². The highest BCUT2D eigenvalue weighted by Crippen LogP contribution is 2.17. The van der Waals surface area contributed by atoms with Crippen LogP contribution in [0, 0.1) is 11.8 Å². The summed E-state index contributed by atoms with van der Waals surface area (Å²) >= 11 is 0. The Morgan fingerprint density at radius 2 is 2.00 bits per heavy atom. The van der Waals surface area contributed by atoms with Crippen LogP contribution in [-0.4, -0.2) is 61.8 Å². The minimum absolute atomic E-state index is 0.303. The molecule has 0 radical (unpaired) electrons. The van der Waals surface area contributed by atoms with E-state index < -0.39 is 0 Å². The Morgan fingerprint density at radius 3 is 2.53 bits per heavy atom. The normalized spacial score (nSPS) is 22.2. The molecule has 1 fully saturated rings. The van der Waals surface area contributed by atoms with Crippen LogP contribution in [-0.2, 0) is 0 Å². The van der Waals surface area contributed by atoms with Gasteiger partial charge in [0.05, 0.1) is 0 Å². The average Bonchev–Trinajstić information content (AvgIpc) is 2.21. The zero-order valence-corrected chi connectivity index (χ0v) is 10.4. The van der Waals surface area contributed by atoms with Crippen LogP contribution < -0.4 is 0 Å². The molecule has 1 atom stereocenters. The molecule has 1 N–H and O–H groups in total. The maximum atomic E-state index is 8.99. The van der Waals surface area contributed by atoms with Crippen LogP contribution in [0.15, 0.2) is 0 Å². The van der Waals surface area contributed by atoms with E-state index in [2.05, 4.69) is 30.8 Å². The fraction of sp³-hybridized carbons (Fsp3) is 1.00. The van der Waals surface area contributed by atoms with Gasteiger partial charge in [-0.25, -0.2) is 0 Å². The summed E-state index contributed by atoms with van der Waals surface area (Å²) in [6, 6.07) is 0. The molecule has 0 saturated carbocycles. The van der Waals surface area contributed by atoms with Crippen molar-refractivity contribution in [3.63, 3.8) is 0 Å². The Morgan fingerprint density at radius 1 is 1.40 bits per heavy atom. The molecule has 0 aliphatic carbocycles. The topological polar surface area (TPSA) is 26.7 Å². The fourth-order valence-electron chi connectivity index (χ4n) is 2.35. The smallest absolute Gasteiger partial charge is 0.0468 e. The van der Waals surface area contributed by atoms with Gasteiger partial charge in [-0.15, -0.1) is 0 Å². The summed E-state index contributed by atoms with van der Waals surface area (Å²) in [4.78, 5) is 4.78. The largest absolute Gasteiger partial charge is 0.396 e. The molecule has 90 valence electrons. The number of aliphatic hydroxyl groups excluding tert-OH is 1. The Kier molecular flexibility index (Phi) is 5.58. The minimum atomic E-state index is 0.303. The molecule has 3 nitrogen and oxygen atoms in total. The van der Waals surface area contributed by atoms with Gasteiger partial charge in [-0.05, 0) is 51.9 Å². The number of nitrogens with zero attached hydrogens (tertiary/aromatic N) is 2. The van der Waals surface area contributed by atoms with Crippen molar-refractivity contribution in [2.45, 2.75) is 19.8 Å². The average molecular weight is 214 g/mol. The lowest BCUT2D eigenvalue weighted by molar-refractivity contribution is 0.148. The molecule has 1 aliphatic heterocycles. The van der Waals surface area contributed by atoms with Crippen molar-refractivity contribution >= 4 is 0 Å². The van der Waals surface area contributed by atoms with Crippen molar-refractivity contribution in [3.05, 3.63) is 0 Å². The predicted molar refractivity (Wildman–Crippen MR) is 64.0 cm³/mol. The van der Waals surface area contributed by atoms with E-state index in [9.17, 15) is 0 Å². The van der Waals surface area contributed by atoms with E-state index in [0.717, 1.165) is 12.5 Å². The van der Waals surface area contributed by atoms with Crippen molar-refractivity contribution in [1.29, 1.82) is 0 Å². The van der Waals surface area contributed by atoms with Crippen molar-refractivity contribution in [2.75, 3.05) is 46.9 Å². The molecule has 1 saturated heterocycles. The quantitative estimate of drug-likeness (QED) is 0.736. The summed E-state index contributed by atoms with van der Waals surface area (Å²) in [6.45, 7) is 7.10. The lowest BCUT2D eigenvalue weighted by Gasteiger charge is -2.32. The van der Waals surface area contributed by atoms with Crippen molar-refractivity contribution in [2.24, 2.45) is 11.8 Å². The third kappa shape index (κ3) is 4.96. The van der Waals surface area contributed by atoms with E-state index in [1.54, 1.807) is 0 Å². The number of hydrogen-bond donors (Lipinski definition) is 1. The molecular formula is C12H26N2O. The molecule has 0 bridgehead atoms. The molecule has 3 heteroatoms. The highest BCUT2D eigenvalue weighted by atomic mass is 16.3. The van der Waals surface area contributed by atoms with E-state index in [0.29, 0.717) is 12.5 Å². The molecule has 0 aromatic rings. The van der Waals surface area contributed by atoms with Crippen molar-refractivity contribution < 1.29 is 5.11 Å². The molecule has 0 aromatic heterocycles. The van der Waals surface area contributed by atoms with Crippen LogP contribution in [0.4, 0.5) is 0 Å². The van der Waals surface area contributed by atoms with Gasteiger partial charge in [0, 0.05) is 19.7 Å². The molecule has 1 rings (SSSR count). The van der Waals surface area contributed by atoms with Crippen LogP contribution >= 0.6 is 0 Å². The van der Waals surface area contributed by atoms with Gasteiger partial charge in [0.15, 0.2) is 0 Å². The first-order chi connectivity index (χ1) is 7.11. The zero-order valence-electron chi connectivity index (χ0n) is 10.4. The molecule has 15 heavy (non-hydrogen) atoms. The fourth-order valence-corrected chi connectivity index (χ4v) is 2.35. The first-order valence-electron chi connectivity index (χ1n) is 6.09. The Labute approximate surface area is 94.1 Å². The molecular weight excluding hydrogens is 188 g/mol. The third-order valence-electron chi connectivity index (χ3n) is 3.34. The van der Waals surface area contributed by atoms with E-state index in [1.165, 1.54) is 32.5 Å². The van der Waals surface area contributed by atoms with Gasteiger partial charge in [-0.2, -0.15) is 0 Å². The molecule has 0 spiro atoms. The molecule has 0 aromatic carbocycles. The summed E-state index contributed by atoms with van der Waals surface area (Å²) < 4.78 is 0. The second-order valence-electron chi connectivity index (χ2n) is 5.26. The Bertz CT molecular complexity index is 167. The highest BCUT2D eigenvalue weighted by Gasteiger charge is 2.18. The molecule has 0 amide bonds. The second-order valence-corrected chi connectivity index (χ2v) is 5.26. The van der Waals surface area contributed by atoms with E-state index >= 15 is 0 Å². The van der Waals surface area contributed by atoms with Crippen LogP contribution in [0.1, 0.15) is 19.8 Å². The number of piperidine rings is 1. The summed E-state index contributed by atoms with van der Waals surface area (Å²) in [6.07, 6.45) is 2.66. The summed E-state index contributed by atoms with van der Waals surface area (Å²) in [7, 11) is 4.37. The summed E-state index contributed by atoms with van der Waals surface area (Å²) in [5.41, 5.74) is 0.